The van der Waals surface area contributed by atoms with E-state index >= 15 is 0 Å². The highest BCUT2D eigenvalue weighted by Gasteiger charge is 2.15. The molecule has 0 saturated carbocycles. The molecular formula is C17H30N4OS. The molecule has 6 heteroatoms. The highest BCUT2D eigenvalue weighted by atomic mass is 32.1. The molecule has 0 amide bonds. The summed E-state index contributed by atoms with van der Waals surface area (Å²) in [6.45, 7) is 7.96. The summed E-state index contributed by atoms with van der Waals surface area (Å²) >= 11 is 1.74. The Hall–Kier alpha value is -1.14. The van der Waals surface area contributed by atoms with Crippen molar-refractivity contribution in [3.05, 3.63) is 16.1 Å². The van der Waals surface area contributed by atoms with Gasteiger partial charge < -0.3 is 15.0 Å². The third-order valence-corrected chi connectivity index (χ3v) is 5.47. The maximum absolute atomic E-state index is 5.43. The van der Waals surface area contributed by atoms with E-state index in [1.807, 2.05) is 7.05 Å². The van der Waals surface area contributed by atoms with Crippen LogP contribution in [0.15, 0.2) is 10.4 Å². The van der Waals surface area contributed by atoms with Crippen LogP contribution in [0, 0.1) is 5.92 Å². The van der Waals surface area contributed by atoms with Gasteiger partial charge in [0.1, 0.15) is 0 Å². The first kappa shape index (κ1) is 18.2. The first-order valence-electron chi connectivity index (χ1n) is 8.54. The molecule has 0 unspecified atom stereocenters. The van der Waals surface area contributed by atoms with Crippen molar-refractivity contribution < 1.29 is 4.74 Å². The van der Waals surface area contributed by atoms with E-state index < -0.39 is 0 Å². The molecule has 1 aromatic rings. The number of aromatic nitrogens is 1. The van der Waals surface area contributed by atoms with E-state index in [0.717, 1.165) is 43.9 Å². The van der Waals surface area contributed by atoms with Crippen LogP contribution in [0.1, 0.15) is 49.7 Å². The van der Waals surface area contributed by atoms with Crippen molar-refractivity contribution in [2.45, 2.75) is 45.6 Å². The third kappa shape index (κ3) is 5.77. The zero-order chi connectivity index (χ0) is 16.7. The smallest absolute Gasteiger partial charge is 0.193 e. The van der Waals surface area contributed by atoms with E-state index in [4.69, 9.17) is 4.74 Å². The topological polar surface area (TPSA) is 49.8 Å². The fourth-order valence-electron chi connectivity index (χ4n) is 2.74. The highest BCUT2D eigenvalue weighted by Crippen LogP contribution is 2.19. The van der Waals surface area contributed by atoms with Crippen LogP contribution in [0.25, 0.3) is 0 Å². The number of ether oxygens (including phenoxy) is 1. The van der Waals surface area contributed by atoms with Gasteiger partial charge in [-0.1, -0.05) is 13.8 Å². The molecule has 0 spiro atoms. The van der Waals surface area contributed by atoms with Gasteiger partial charge in [0.2, 0.25) is 0 Å². The van der Waals surface area contributed by atoms with E-state index in [2.05, 4.69) is 46.5 Å². The molecule has 1 aliphatic heterocycles. The molecule has 0 radical (unpaired) electrons. The van der Waals surface area contributed by atoms with E-state index in [1.165, 1.54) is 24.3 Å². The summed E-state index contributed by atoms with van der Waals surface area (Å²) in [4.78, 5) is 11.3. The van der Waals surface area contributed by atoms with Crippen LogP contribution in [-0.4, -0.2) is 49.7 Å². The van der Waals surface area contributed by atoms with Crippen LogP contribution < -0.4 is 5.32 Å². The van der Waals surface area contributed by atoms with Gasteiger partial charge in [-0.15, -0.1) is 11.3 Å². The Bertz CT molecular complexity index is 495. The number of nitrogens with one attached hydrogen (secondary N) is 1. The molecule has 1 aliphatic rings. The fraction of sp³-hybridized carbons (Fsp3) is 0.765. The summed E-state index contributed by atoms with van der Waals surface area (Å²) in [5.74, 6) is 2.22. The second-order valence-electron chi connectivity index (χ2n) is 6.50. The van der Waals surface area contributed by atoms with Gasteiger partial charge in [0.15, 0.2) is 5.96 Å². The van der Waals surface area contributed by atoms with Gasteiger partial charge in [-0.25, -0.2) is 4.98 Å². The zero-order valence-corrected chi connectivity index (χ0v) is 15.7. The minimum absolute atomic E-state index is 0.496. The first-order chi connectivity index (χ1) is 11.1. The van der Waals surface area contributed by atoms with Crippen molar-refractivity contribution in [3.8, 4) is 0 Å². The first-order valence-corrected chi connectivity index (χ1v) is 9.42. The Labute approximate surface area is 144 Å². The number of nitrogens with zero attached hydrogens (tertiary/aromatic N) is 3. The molecule has 23 heavy (non-hydrogen) atoms. The van der Waals surface area contributed by atoms with E-state index in [1.54, 1.807) is 11.3 Å². The lowest BCUT2D eigenvalue weighted by Gasteiger charge is -2.26. The summed E-state index contributed by atoms with van der Waals surface area (Å²) in [6.07, 6.45) is 3.59. The summed E-state index contributed by atoms with van der Waals surface area (Å²) in [6, 6.07) is 0. The Morgan fingerprint density at radius 3 is 2.83 bits per heavy atom. The molecule has 1 N–H and O–H groups in total. The predicted octanol–water partition coefficient (Wildman–Crippen LogP) is 3.09. The molecule has 130 valence electrons. The number of rotatable bonds is 6. The maximum Gasteiger partial charge on any atom is 0.193 e. The zero-order valence-electron chi connectivity index (χ0n) is 14.8. The van der Waals surface area contributed by atoms with Crippen LogP contribution in [0.3, 0.4) is 0 Å². The molecule has 0 aliphatic carbocycles. The number of aliphatic imine (C=N–C) groups is 1. The Morgan fingerprint density at radius 1 is 1.48 bits per heavy atom. The van der Waals surface area contributed by atoms with Crippen molar-refractivity contribution in [2.24, 2.45) is 10.9 Å². The molecule has 2 heterocycles. The SMILES string of the molecule is CN=C(NCc1csc(C(C)C)n1)N(C)CCC1CCOCC1. The van der Waals surface area contributed by atoms with Crippen molar-refractivity contribution >= 4 is 17.3 Å². The number of guanidine groups is 1. The number of hydrogen-bond acceptors (Lipinski definition) is 4. The predicted molar refractivity (Wildman–Crippen MR) is 97.2 cm³/mol. The Kier molecular flexibility index (Phi) is 7.30. The molecule has 2 rings (SSSR count). The monoisotopic (exact) mass is 338 g/mol. The van der Waals surface area contributed by atoms with Gasteiger partial charge in [-0.3, -0.25) is 4.99 Å². The molecule has 1 fully saturated rings. The molecule has 5 nitrogen and oxygen atoms in total. The second kappa shape index (κ2) is 9.23. The van der Waals surface area contributed by atoms with Crippen LogP contribution >= 0.6 is 11.3 Å². The van der Waals surface area contributed by atoms with E-state index in [9.17, 15) is 0 Å². The van der Waals surface area contributed by atoms with Gasteiger partial charge in [0.25, 0.3) is 0 Å². The average Bonchev–Trinajstić information content (AvgIpc) is 3.04. The average molecular weight is 339 g/mol. The number of hydrogen-bond donors (Lipinski definition) is 1. The molecule has 1 aromatic heterocycles. The summed E-state index contributed by atoms with van der Waals surface area (Å²) in [5, 5.41) is 6.76. The Morgan fingerprint density at radius 2 is 2.22 bits per heavy atom. The quantitative estimate of drug-likeness (QED) is 0.640. The maximum atomic E-state index is 5.43. The minimum Gasteiger partial charge on any atom is -0.381 e. The lowest BCUT2D eigenvalue weighted by Crippen LogP contribution is -2.39. The minimum atomic E-state index is 0.496. The van der Waals surface area contributed by atoms with Gasteiger partial charge in [-0.2, -0.15) is 0 Å². The standard InChI is InChI=1S/C17H30N4OS/c1-13(2)16-20-15(12-23-16)11-19-17(18-3)21(4)8-5-14-6-9-22-10-7-14/h12-14H,5-11H2,1-4H3,(H,18,19). The van der Waals surface area contributed by atoms with Crippen LogP contribution in [0.5, 0.6) is 0 Å². The van der Waals surface area contributed by atoms with Crippen molar-refractivity contribution in [2.75, 3.05) is 33.9 Å². The lowest BCUT2D eigenvalue weighted by atomic mass is 9.96. The van der Waals surface area contributed by atoms with Crippen molar-refractivity contribution in [3.63, 3.8) is 0 Å². The second-order valence-corrected chi connectivity index (χ2v) is 7.39. The Balaban J connectivity index is 1.76. The largest absolute Gasteiger partial charge is 0.381 e. The van der Waals surface area contributed by atoms with Crippen LogP contribution in [0.2, 0.25) is 0 Å². The lowest BCUT2D eigenvalue weighted by molar-refractivity contribution is 0.0625. The molecule has 0 atom stereocenters. The summed E-state index contributed by atoms with van der Waals surface area (Å²) in [7, 11) is 3.95. The molecule has 1 saturated heterocycles. The van der Waals surface area contributed by atoms with E-state index in [0.29, 0.717) is 5.92 Å². The van der Waals surface area contributed by atoms with Gasteiger partial charge in [0, 0.05) is 45.2 Å². The van der Waals surface area contributed by atoms with E-state index in [-0.39, 0.29) is 0 Å². The molecule has 0 bridgehead atoms. The van der Waals surface area contributed by atoms with Gasteiger partial charge >= 0.3 is 0 Å². The molecular weight excluding hydrogens is 308 g/mol. The highest BCUT2D eigenvalue weighted by molar-refractivity contribution is 7.09. The van der Waals surface area contributed by atoms with Crippen molar-refractivity contribution in [1.29, 1.82) is 0 Å². The van der Waals surface area contributed by atoms with Gasteiger partial charge in [0.05, 0.1) is 17.2 Å². The molecule has 0 aromatic carbocycles. The van der Waals surface area contributed by atoms with Crippen LogP contribution in [0.4, 0.5) is 0 Å². The normalized spacial score (nSPS) is 16.8. The number of thiazole rings is 1. The van der Waals surface area contributed by atoms with Crippen LogP contribution in [-0.2, 0) is 11.3 Å². The summed E-state index contributed by atoms with van der Waals surface area (Å²) < 4.78 is 5.43. The fourth-order valence-corrected chi connectivity index (χ4v) is 3.58. The third-order valence-electron chi connectivity index (χ3n) is 4.28. The van der Waals surface area contributed by atoms with Crippen molar-refractivity contribution in [1.82, 2.24) is 15.2 Å². The summed E-state index contributed by atoms with van der Waals surface area (Å²) in [5.41, 5.74) is 1.10. The van der Waals surface area contributed by atoms with Gasteiger partial charge in [-0.05, 0) is 25.2 Å².